The SMILES string of the molecule is CCOc1ccc2c(c1)sc(=NC(=O)CCS(=O)(=O)c1ccccc1)n2CC. The lowest BCUT2D eigenvalue weighted by atomic mass is 10.3. The van der Waals surface area contributed by atoms with E-state index in [-0.39, 0.29) is 17.1 Å². The van der Waals surface area contributed by atoms with Crippen LogP contribution in [0.25, 0.3) is 10.2 Å². The van der Waals surface area contributed by atoms with E-state index < -0.39 is 15.7 Å². The molecule has 0 radical (unpaired) electrons. The van der Waals surface area contributed by atoms with Gasteiger partial charge >= 0.3 is 0 Å². The molecular formula is C20H22N2O4S2. The normalized spacial score (nSPS) is 12.4. The van der Waals surface area contributed by atoms with Crippen molar-refractivity contribution in [3.63, 3.8) is 0 Å². The molecule has 0 saturated heterocycles. The average Bonchev–Trinajstić information content (AvgIpc) is 3.03. The van der Waals surface area contributed by atoms with Gasteiger partial charge < -0.3 is 9.30 Å². The number of ether oxygens (including phenoxy) is 1. The van der Waals surface area contributed by atoms with Crippen molar-refractivity contribution < 1.29 is 17.9 Å². The maximum atomic E-state index is 12.3. The van der Waals surface area contributed by atoms with E-state index in [1.54, 1.807) is 18.2 Å². The van der Waals surface area contributed by atoms with Gasteiger partial charge in [0.2, 0.25) is 5.91 Å². The molecule has 1 heterocycles. The van der Waals surface area contributed by atoms with Crippen molar-refractivity contribution in [1.29, 1.82) is 0 Å². The van der Waals surface area contributed by atoms with Gasteiger partial charge in [-0.25, -0.2) is 8.42 Å². The average molecular weight is 419 g/mol. The predicted molar refractivity (Wildman–Crippen MR) is 110 cm³/mol. The molecule has 28 heavy (non-hydrogen) atoms. The van der Waals surface area contributed by atoms with Crippen LogP contribution >= 0.6 is 11.3 Å². The number of fused-ring (bicyclic) bond motifs is 1. The number of amides is 1. The van der Waals surface area contributed by atoms with Gasteiger partial charge in [-0.2, -0.15) is 4.99 Å². The summed E-state index contributed by atoms with van der Waals surface area (Å²) in [5, 5.41) is 0. The zero-order chi connectivity index (χ0) is 20.1. The van der Waals surface area contributed by atoms with Crippen molar-refractivity contribution in [3.05, 3.63) is 53.3 Å². The van der Waals surface area contributed by atoms with Crippen molar-refractivity contribution in [1.82, 2.24) is 4.57 Å². The first-order chi connectivity index (χ1) is 13.4. The molecule has 0 aliphatic rings. The van der Waals surface area contributed by atoms with Crippen molar-refractivity contribution in [2.45, 2.75) is 31.7 Å². The zero-order valence-corrected chi connectivity index (χ0v) is 17.4. The number of thiazole rings is 1. The number of benzene rings is 2. The first-order valence-electron chi connectivity index (χ1n) is 9.06. The van der Waals surface area contributed by atoms with Crippen LogP contribution in [0.1, 0.15) is 20.3 Å². The summed E-state index contributed by atoms with van der Waals surface area (Å²) in [5.41, 5.74) is 0.972. The molecule has 0 N–H and O–H groups in total. The third-order valence-electron chi connectivity index (χ3n) is 4.19. The molecule has 0 spiro atoms. The first kappa shape index (κ1) is 20.3. The van der Waals surface area contributed by atoms with Gasteiger partial charge in [-0.3, -0.25) is 4.79 Å². The first-order valence-corrected chi connectivity index (χ1v) is 11.5. The molecule has 2 aromatic carbocycles. The van der Waals surface area contributed by atoms with Gasteiger partial charge in [0, 0.05) is 13.0 Å². The number of aryl methyl sites for hydroxylation is 1. The summed E-state index contributed by atoms with van der Waals surface area (Å²) in [5.74, 6) is 0.0647. The number of hydrogen-bond acceptors (Lipinski definition) is 5. The Hall–Kier alpha value is -2.45. The molecule has 0 fully saturated rings. The lowest BCUT2D eigenvalue weighted by Crippen LogP contribution is -2.17. The molecule has 1 amide bonds. The quantitative estimate of drug-likeness (QED) is 0.589. The largest absolute Gasteiger partial charge is 0.494 e. The Balaban J connectivity index is 1.84. The molecule has 1 aromatic heterocycles. The highest BCUT2D eigenvalue weighted by atomic mass is 32.2. The van der Waals surface area contributed by atoms with Crippen molar-refractivity contribution in [2.24, 2.45) is 4.99 Å². The lowest BCUT2D eigenvalue weighted by Gasteiger charge is -2.04. The number of aromatic nitrogens is 1. The molecule has 0 atom stereocenters. The Labute approximate surface area is 168 Å². The number of carbonyl (C=O) groups is 1. The van der Waals surface area contributed by atoms with E-state index in [1.807, 2.05) is 36.6 Å². The maximum Gasteiger partial charge on any atom is 0.249 e. The lowest BCUT2D eigenvalue weighted by molar-refractivity contribution is -0.117. The molecule has 3 aromatic rings. The highest BCUT2D eigenvalue weighted by Crippen LogP contribution is 2.23. The molecule has 148 valence electrons. The topological polar surface area (TPSA) is 77.7 Å². The van der Waals surface area contributed by atoms with E-state index in [0.717, 1.165) is 16.0 Å². The van der Waals surface area contributed by atoms with Crippen LogP contribution in [0.2, 0.25) is 0 Å². The van der Waals surface area contributed by atoms with E-state index in [1.165, 1.54) is 23.5 Å². The summed E-state index contributed by atoms with van der Waals surface area (Å²) in [4.78, 5) is 17.3. The number of rotatable bonds is 7. The molecule has 0 unspecified atom stereocenters. The smallest absolute Gasteiger partial charge is 0.249 e. The Kier molecular flexibility index (Phi) is 6.31. The Morgan fingerprint density at radius 2 is 1.89 bits per heavy atom. The Bertz CT molecular complexity index is 1150. The van der Waals surface area contributed by atoms with Crippen LogP contribution in [0.4, 0.5) is 0 Å². The molecule has 0 aliphatic carbocycles. The Morgan fingerprint density at radius 1 is 1.14 bits per heavy atom. The second-order valence-corrected chi connectivity index (χ2v) is 9.20. The van der Waals surface area contributed by atoms with Crippen molar-refractivity contribution in [2.75, 3.05) is 12.4 Å². The number of hydrogen-bond donors (Lipinski definition) is 0. The van der Waals surface area contributed by atoms with Gasteiger partial charge in [-0.15, -0.1) is 0 Å². The summed E-state index contributed by atoms with van der Waals surface area (Å²) >= 11 is 1.39. The molecule has 0 saturated carbocycles. The van der Waals surface area contributed by atoms with Crippen LogP contribution in [0.5, 0.6) is 5.75 Å². The third-order valence-corrected chi connectivity index (χ3v) is 6.96. The van der Waals surface area contributed by atoms with E-state index in [0.29, 0.717) is 18.0 Å². The van der Waals surface area contributed by atoms with Crippen LogP contribution in [-0.2, 0) is 21.2 Å². The van der Waals surface area contributed by atoms with Crippen LogP contribution in [0.15, 0.2) is 58.4 Å². The van der Waals surface area contributed by atoms with E-state index >= 15 is 0 Å². The van der Waals surface area contributed by atoms with Crippen LogP contribution in [0, 0.1) is 0 Å². The molecule has 0 bridgehead atoms. The highest BCUT2D eigenvalue weighted by Gasteiger charge is 2.16. The second-order valence-electron chi connectivity index (χ2n) is 6.08. The van der Waals surface area contributed by atoms with Crippen LogP contribution in [-0.4, -0.2) is 31.3 Å². The van der Waals surface area contributed by atoms with Gasteiger partial charge in [-0.05, 0) is 44.2 Å². The Morgan fingerprint density at radius 3 is 2.57 bits per heavy atom. The molecule has 3 rings (SSSR count). The summed E-state index contributed by atoms with van der Waals surface area (Å²) in [7, 11) is -3.50. The second kappa shape index (κ2) is 8.70. The standard InChI is InChI=1S/C20H22N2O4S2/c1-3-22-17-11-10-15(26-4-2)14-18(17)27-20(22)21-19(23)12-13-28(24,25)16-8-6-5-7-9-16/h5-11,14H,3-4,12-13H2,1-2H3. The van der Waals surface area contributed by atoms with Gasteiger partial charge in [0.05, 0.1) is 27.5 Å². The van der Waals surface area contributed by atoms with Crippen molar-refractivity contribution in [3.8, 4) is 5.75 Å². The van der Waals surface area contributed by atoms with Crippen molar-refractivity contribution >= 4 is 37.3 Å². The van der Waals surface area contributed by atoms with E-state index in [4.69, 9.17) is 4.74 Å². The fourth-order valence-electron chi connectivity index (χ4n) is 2.83. The van der Waals surface area contributed by atoms with Crippen LogP contribution < -0.4 is 9.54 Å². The number of nitrogens with zero attached hydrogens (tertiary/aromatic N) is 2. The maximum absolute atomic E-state index is 12.3. The van der Waals surface area contributed by atoms with Gasteiger partial charge in [0.1, 0.15) is 5.75 Å². The summed E-state index contributed by atoms with van der Waals surface area (Å²) in [6, 6.07) is 13.9. The van der Waals surface area contributed by atoms with Gasteiger partial charge in [-0.1, -0.05) is 29.5 Å². The van der Waals surface area contributed by atoms with E-state index in [2.05, 4.69) is 4.99 Å². The van der Waals surface area contributed by atoms with Gasteiger partial charge in [0.15, 0.2) is 14.6 Å². The molecule has 0 aliphatic heterocycles. The summed E-state index contributed by atoms with van der Waals surface area (Å²) < 4.78 is 33.1. The number of sulfone groups is 1. The molecule has 8 heteroatoms. The fourth-order valence-corrected chi connectivity index (χ4v) is 5.22. The fraction of sp³-hybridized carbons (Fsp3) is 0.300. The molecule has 6 nitrogen and oxygen atoms in total. The third kappa shape index (κ3) is 4.51. The monoisotopic (exact) mass is 418 g/mol. The summed E-state index contributed by atoms with van der Waals surface area (Å²) in [6.07, 6.45) is -0.153. The minimum absolute atomic E-state index is 0.153. The minimum Gasteiger partial charge on any atom is -0.494 e. The van der Waals surface area contributed by atoms with E-state index in [9.17, 15) is 13.2 Å². The zero-order valence-electron chi connectivity index (χ0n) is 15.8. The highest BCUT2D eigenvalue weighted by molar-refractivity contribution is 7.91. The number of carbonyl (C=O) groups excluding carboxylic acids is 1. The predicted octanol–water partition coefficient (Wildman–Crippen LogP) is 3.41. The minimum atomic E-state index is -3.50. The van der Waals surface area contributed by atoms with Crippen LogP contribution in [0.3, 0.4) is 0 Å². The molecular weight excluding hydrogens is 396 g/mol. The van der Waals surface area contributed by atoms with Gasteiger partial charge in [0.25, 0.3) is 0 Å². The summed E-state index contributed by atoms with van der Waals surface area (Å²) in [6.45, 7) is 5.14.